The highest BCUT2D eigenvalue weighted by molar-refractivity contribution is 7.92. The summed E-state index contributed by atoms with van der Waals surface area (Å²) in [5.41, 5.74) is 2.67. The van der Waals surface area contributed by atoms with Gasteiger partial charge in [0.05, 0.1) is 20.6 Å². The van der Waals surface area contributed by atoms with Crippen LogP contribution in [0.1, 0.15) is 11.1 Å². The number of benzene rings is 3. The Morgan fingerprint density at radius 3 is 2.30 bits per heavy atom. The summed E-state index contributed by atoms with van der Waals surface area (Å²) in [4.78, 5) is 12.9. The molecule has 0 aliphatic carbocycles. The number of aryl methyl sites for hydroxylation is 1. The molecule has 0 fully saturated rings. The van der Waals surface area contributed by atoms with Crippen molar-refractivity contribution in [3.8, 4) is 0 Å². The second-order valence-corrected chi connectivity index (χ2v) is 9.34. The molecule has 0 aliphatic heterocycles. The number of rotatable bonds is 6. The van der Waals surface area contributed by atoms with E-state index < -0.39 is 22.5 Å². The summed E-state index contributed by atoms with van der Waals surface area (Å²) >= 11 is 12.4. The number of carbonyl (C=O) groups is 1. The molecule has 0 saturated heterocycles. The van der Waals surface area contributed by atoms with Crippen LogP contribution in [0.3, 0.4) is 0 Å². The summed E-state index contributed by atoms with van der Waals surface area (Å²) in [5.74, 6) is -0.501. The molecular formula is C22H20Cl2N2O3S. The van der Waals surface area contributed by atoms with E-state index in [-0.39, 0.29) is 20.6 Å². The molecule has 30 heavy (non-hydrogen) atoms. The van der Waals surface area contributed by atoms with Gasteiger partial charge in [0, 0.05) is 5.69 Å². The summed E-state index contributed by atoms with van der Waals surface area (Å²) in [6, 6.07) is 18.0. The lowest BCUT2D eigenvalue weighted by molar-refractivity contribution is -0.114. The summed E-state index contributed by atoms with van der Waals surface area (Å²) in [6.45, 7) is 3.35. The number of carbonyl (C=O) groups excluding carboxylic acids is 1. The Hall–Kier alpha value is -2.54. The van der Waals surface area contributed by atoms with Gasteiger partial charge in [-0.05, 0) is 55.3 Å². The number of nitrogens with zero attached hydrogens (tertiary/aromatic N) is 1. The van der Waals surface area contributed by atoms with E-state index in [1.165, 1.54) is 18.2 Å². The van der Waals surface area contributed by atoms with Crippen LogP contribution in [-0.4, -0.2) is 20.9 Å². The van der Waals surface area contributed by atoms with Gasteiger partial charge in [-0.25, -0.2) is 8.42 Å². The fraction of sp³-hybridized carbons (Fsp3) is 0.136. The first-order valence-corrected chi connectivity index (χ1v) is 11.3. The lowest BCUT2D eigenvalue weighted by Gasteiger charge is -2.25. The van der Waals surface area contributed by atoms with Gasteiger partial charge in [0.25, 0.3) is 10.0 Å². The number of nitrogens with one attached hydrogen (secondary N) is 1. The smallest absolute Gasteiger partial charge is 0.264 e. The van der Waals surface area contributed by atoms with Crippen LogP contribution in [0.4, 0.5) is 11.4 Å². The van der Waals surface area contributed by atoms with Crippen molar-refractivity contribution in [2.45, 2.75) is 18.7 Å². The van der Waals surface area contributed by atoms with Crippen molar-refractivity contribution in [2.75, 3.05) is 16.2 Å². The van der Waals surface area contributed by atoms with Gasteiger partial charge in [-0.2, -0.15) is 0 Å². The van der Waals surface area contributed by atoms with Gasteiger partial charge in [0.2, 0.25) is 5.91 Å². The van der Waals surface area contributed by atoms with Gasteiger partial charge in [-0.3, -0.25) is 9.10 Å². The molecule has 8 heteroatoms. The van der Waals surface area contributed by atoms with Crippen molar-refractivity contribution in [3.63, 3.8) is 0 Å². The lowest BCUT2D eigenvalue weighted by atomic mass is 10.1. The molecule has 156 valence electrons. The minimum absolute atomic E-state index is 0.0422. The highest BCUT2D eigenvalue weighted by Crippen LogP contribution is 2.35. The highest BCUT2D eigenvalue weighted by atomic mass is 35.5. The van der Waals surface area contributed by atoms with E-state index in [2.05, 4.69) is 5.32 Å². The Labute approximate surface area is 186 Å². The molecule has 0 aromatic heterocycles. The third kappa shape index (κ3) is 4.61. The molecule has 5 nitrogen and oxygen atoms in total. The largest absolute Gasteiger partial charge is 0.324 e. The first-order valence-electron chi connectivity index (χ1n) is 9.09. The van der Waals surface area contributed by atoms with Gasteiger partial charge in [-0.15, -0.1) is 0 Å². The van der Waals surface area contributed by atoms with Crippen molar-refractivity contribution >= 4 is 50.5 Å². The van der Waals surface area contributed by atoms with Crippen molar-refractivity contribution in [2.24, 2.45) is 0 Å². The molecule has 1 amide bonds. The first kappa shape index (κ1) is 22.2. The monoisotopic (exact) mass is 462 g/mol. The Kier molecular flexibility index (Phi) is 6.71. The maximum Gasteiger partial charge on any atom is 0.264 e. The molecule has 0 spiro atoms. The highest BCUT2D eigenvalue weighted by Gasteiger charge is 2.29. The number of hydrogen-bond acceptors (Lipinski definition) is 3. The van der Waals surface area contributed by atoms with E-state index in [0.717, 1.165) is 15.4 Å². The van der Waals surface area contributed by atoms with Crippen molar-refractivity contribution in [3.05, 3.63) is 87.9 Å². The molecular weight excluding hydrogens is 443 g/mol. The number of sulfonamides is 1. The van der Waals surface area contributed by atoms with Crippen molar-refractivity contribution in [1.82, 2.24) is 0 Å². The number of anilines is 2. The standard InChI is InChI=1S/C22H20Cl2N2O3S/c1-15-8-6-12-19(16(15)2)25-21(27)14-26(20-13-7-11-18(23)22(20)24)30(28,29)17-9-4-3-5-10-17/h3-13H,14H2,1-2H3,(H,25,27). The first-order chi connectivity index (χ1) is 14.2. The molecule has 1 N–H and O–H groups in total. The average molecular weight is 463 g/mol. The predicted molar refractivity (Wildman–Crippen MR) is 122 cm³/mol. The topological polar surface area (TPSA) is 66.5 Å². The minimum atomic E-state index is -4.07. The molecule has 0 bridgehead atoms. The number of halogens is 2. The molecule has 0 atom stereocenters. The van der Waals surface area contributed by atoms with Crippen LogP contribution < -0.4 is 9.62 Å². The Morgan fingerprint density at radius 2 is 1.60 bits per heavy atom. The summed E-state index contributed by atoms with van der Waals surface area (Å²) in [6.07, 6.45) is 0. The molecule has 3 aromatic carbocycles. The van der Waals surface area contributed by atoms with Crippen molar-refractivity contribution < 1.29 is 13.2 Å². The Balaban J connectivity index is 2.01. The van der Waals surface area contributed by atoms with Crippen LogP contribution in [0, 0.1) is 13.8 Å². The van der Waals surface area contributed by atoms with Gasteiger partial charge in [-0.1, -0.05) is 59.6 Å². The van der Waals surface area contributed by atoms with Crippen LogP contribution in [0.2, 0.25) is 10.0 Å². The van der Waals surface area contributed by atoms with Crippen molar-refractivity contribution in [1.29, 1.82) is 0 Å². The van der Waals surface area contributed by atoms with Crippen LogP contribution in [0.15, 0.2) is 71.6 Å². The maximum atomic E-state index is 13.3. The molecule has 0 heterocycles. The van der Waals surface area contributed by atoms with E-state index in [0.29, 0.717) is 5.69 Å². The third-order valence-corrected chi connectivity index (χ3v) is 7.28. The zero-order valence-corrected chi connectivity index (χ0v) is 18.7. The quantitative estimate of drug-likeness (QED) is 0.529. The lowest BCUT2D eigenvalue weighted by Crippen LogP contribution is -2.38. The number of hydrogen-bond donors (Lipinski definition) is 1. The maximum absolute atomic E-state index is 13.3. The second-order valence-electron chi connectivity index (χ2n) is 6.69. The Bertz CT molecular complexity index is 1180. The predicted octanol–water partition coefficient (Wildman–Crippen LogP) is 5.44. The zero-order chi connectivity index (χ0) is 21.9. The normalized spacial score (nSPS) is 11.2. The molecule has 3 aromatic rings. The van der Waals surface area contributed by atoms with Crippen LogP contribution in [0.5, 0.6) is 0 Å². The fourth-order valence-electron chi connectivity index (χ4n) is 2.91. The van der Waals surface area contributed by atoms with E-state index in [4.69, 9.17) is 23.2 Å². The van der Waals surface area contributed by atoms with Crippen LogP contribution in [-0.2, 0) is 14.8 Å². The molecule has 0 radical (unpaired) electrons. The molecule has 0 aliphatic rings. The average Bonchev–Trinajstić information content (AvgIpc) is 2.72. The zero-order valence-electron chi connectivity index (χ0n) is 16.4. The summed E-state index contributed by atoms with van der Waals surface area (Å²) in [5, 5.41) is 3.03. The molecule has 3 rings (SSSR count). The molecule has 0 saturated carbocycles. The van der Waals surface area contributed by atoms with Crippen LogP contribution >= 0.6 is 23.2 Å². The van der Waals surface area contributed by atoms with E-state index in [1.54, 1.807) is 36.4 Å². The Morgan fingerprint density at radius 1 is 0.933 bits per heavy atom. The summed E-state index contributed by atoms with van der Waals surface area (Å²) in [7, 11) is -4.07. The van der Waals surface area contributed by atoms with E-state index in [9.17, 15) is 13.2 Å². The van der Waals surface area contributed by atoms with Crippen LogP contribution in [0.25, 0.3) is 0 Å². The number of amides is 1. The second kappa shape index (κ2) is 9.08. The SMILES string of the molecule is Cc1cccc(NC(=O)CN(c2cccc(Cl)c2Cl)S(=O)(=O)c2ccccc2)c1C. The molecule has 0 unspecified atom stereocenters. The fourth-order valence-corrected chi connectivity index (χ4v) is 4.81. The van der Waals surface area contributed by atoms with Gasteiger partial charge in [0.15, 0.2) is 0 Å². The van der Waals surface area contributed by atoms with E-state index >= 15 is 0 Å². The minimum Gasteiger partial charge on any atom is -0.324 e. The van der Waals surface area contributed by atoms with E-state index in [1.807, 2.05) is 26.0 Å². The van der Waals surface area contributed by atoms with Gasteiger partial charge in [0.1, 0.15) is 6.54 Å². The van der Waals surface area contributed by atoms with Gasteiger partial charge < -0.3 is 5.32 Å². The summed E-state index contributed by atoms with van der Waals surface area (Å²) < 4.78 is 27.7. The third-order valence-electron chi connectivity index (χ3n) is 4.70. The van der Waals surface area contributed by atoms with Gasteiger partial charge >= 0.3 is 0 Å².